The number of aromatic nitrogens is 1. The molecule has 0 atom stereocenters. The van der Waals surface area contributed by atoms with Gasteiger partial charge in [-0.15, -0.1) is 0 Å². The number of rotatable bonds is 11. The number of methoxy groups -OCH3 is 1. The SMILES string of the molecule is COc1ccc2c(/C=C3\Sc4ccccc4N3c3ccccc3)cc[n+](CCC[N+](C)(CCO)CCO)c2c1. The van der Waals surface area contributed by atoms with Gasteiger partial charge in [0.1, 0.15) is 18.8 Å². The van der Waals surface area contributed by atoms with Crippen LogP contribution >= 0.6 is 11.8 Å². The average molecular weight is 544 g/mol. The first-order valence-electron chi connectivity index (χ1n) is 13.4. The Labute approximate surface area is 235 Å². The molecule has 0 saturated heterocycles. The topological polar surface area (TPSA) is 56.8 Å². The number of fused-ring (bicyclic) bond motifs is 2. The zero-order valence-corrected chi connectivity index (χ0v) is 23.5. The standard InChI is InChI=1S/C32H37N3O3S/c1-35(19-21-36,20-22-37)18-8-16-33-17-15-25(28-14-13-27(38-2)24-30(28)33)23-32-34(26-9-4-3-5-10-26)29-11-6-7-12-31(29)39-32/h3-7,9-15,17,23-24,36-37H,8,16,18-22H2,1-2H3/q+2. The Morgan fingerprint density at radius 1 is 0.923 bits per heavy atom. The molecule has 1 aliphatic heterocycles. The maximum absolute atomic E-state index is 9.51. The summed E-state index contributed by atoms with van der Waals surface area (Å²) in [6.07, 6.45) is 5.38. The highest BCUT2D eigenvalue weighted by atomic mass is 32.2. The number of aliphatic hydroxyl groups excluding tert-OH is 2. The van der Waals surface area contributed by atoms with Crippen molar-refractivity contribution in [3.05, 3.63) is 95.7 Å². The number of para-hydroxylation sites is 2. The van der Waals surface area contributed by atoms with E-state index in [-0.39, 0.29) is 13.2 Å². The van der Waals surface area contributed by atoms with Crippen LogP contribution in [0.2, 0.25) is 0 Å². The lowest BCUT2D eigenvalue weighted by atomic mass is 10.1. The first-order chi connectivity index (χ1) is 19.0. The first-order valence-corrected chi connectivity index (χ1v) is 14.3. The fourth-order valence-corrected chi connectivity index (χ4v) is 6.41. The molecule has 39 heavy (non-hydrogen) atoms. The molecule has 3 aromatic carbocycles. The van der Waals surface area contributed by atoms with E-state index < -0.39 is 0 Å². The van der Waals surface area contributed by atoms with Crippen LogP contribution in [0.15, 0.2) is 95.0 Å². The molecule has 7 heteroatoms. The highest BCUT2D eigenvalue weighted by Crippen LogP contribution is 2.50. The second kappa shape index (κ2) is 12.2. The van der Waals surface area contributed by atoms with Gasteiger partial charge in [0.15, 0.2) is 12.7 Å². The quantitative estimate of drug-likeness (QED) is 0.201. The molecule has 5 rings (SSSR count). The van der Waals surface area contributed by atoms with Gasteiger partial charge in [-0.05, 0) is 48.0 Å². The van der Waals surface area contributed by atoms with E-state index in [4.69, 9.17) is 4.74 Å². The van der Waals surface area contributed by atoms with Crippen LogP contribution in [0.1, 0.15) is 12.0 Å². The maximum atomic E-state index is 9.51. The van der Waals surface area contributed by atoms with E-state index in [1.165, 1.54) is 21.0 Å². The van der Waals surface area contributed by atoms with Crippen molar-refractivity contribution in [1.82, 2.24) is 0 Å². The normalized spacial score (nSPS) is 14.3. The van der Waals surface area contributed by atoms with Crippen molar-refractivity contribution in [3.8, 4) is 5.75 Å². The van der Waals surface area contributed by atoms with Crippen LogP contribution in [-0.2, 0) is 6.54 Å². The highest BCUT2D eigenvalue weighted by Gasteiger charge is 2.27. The molecule has 6 nitrogen and oxygen atoms in total. The van der Waals surface area contributed by atoms with E-state index in [1.807, 2.05) is 12.1 Å². The van der Waals surface area contributed by atoms with Crippen molar-refractivity contribution in [2.45, 2.75) is 17.9 Å². The predicted molar refractivity (Wildman–Crippen MR) is 159 cm³/mol. The summed E-state index contributed by atoms with van der Waals surface area (Å²) in [5.41, 5.74) is 4.62. The van der Waals surface area contributed by atoms with E-state index >= 15 is 0 Å². The summed E-state index contributed by atoms with van der Waals surface area (Å²) in [4.78, 5) is 3.58. The monoisotopic (exact) mass is 543 g/mol. The lowest BCUT2D eigenvalue weighted by Gasteiger charge is -2.33. The van der Waals surface area contributed by atoms with Crippen LogP contribution < -0.4 is 14.2 Å². The maximum Gasteiger partial charge on any atom is 0.216 e. The molecule has 2 heterocycles. The number of aryl methyl sites for hydroxylation is 1. The number of pyridine rings is 1. The molecule has 0 unspecified atom stereocenters. The second-order valence-corrected chi connectivity index (χ2v) is 11.2. The Morgan fingerprint density at radius 2 is 1.67 bits per heavy atom. The zero-order valence-electron chi connectivity index (χ0n) is 22.7. The number of ether oxygens (including phenoxy) is 1. The van der Waals surface area contributed by atoms with Gasteiger partial charge >= 0.3 is 0 Å². The minimum absolute atomic E-state index is 0.120. The van der Waals surface area contributed by atoms with Gasteiger partial charge in [-0.3, -0.25) is 0 Å². The Bertz CT molecular complexity index is 1450. The summed E-state index contributed by atoms with van der Waals surface area (Å²) in [5, 5.41) is 21.4. The Hall–Kier alpha value is -3.36. The number of thioether (sulfide) groups is 1. The molecule has 4 aromatic rings. The van der Waals surface area contributed by atoms with Gasteiger partial charge in [0.25, 0.3) is 0 Å². The smallest absolute Gasteiger partial charge is 0.216 e. The molecule has 0 saturated carbocycles. The van der Waals surface area contributed by atoms with Crippen molar-refractivity contribution in [3.63, 3.8) is 0 Å². The number of anilines is 2. The van der Waals surface area contributed by atoms with Crippen LogP contribution in [-0.4, -0.2) is 61.7 Å². The Balaban J connectivity index is 1.50. The minimum Gasteiger partial charge on any atom is -0.497 e. The van der Waals surface area contributed by atoms with Crippen LogP contribution in [0.4, 0.5) is 11.4 Å². The Kier molecular flexibility index (Phi) is 8.53. The van der Waals surface area contributed by atoms with E-state index in [1.54, 1.807) is 18.9 Å². The van der Waals surface area contributed by atoms with Gasteiger partial charge < -0.3 is 24.3 Å². The summed E-state index contributed by atoms with van der Waals surface area (Å²) in [6.45, 7) is 3.24. The molecule has 0 aliphatic carbocycles. The molecule has 0 bridgehead atoms. The van der Waals surface area contributed by atoms with E-state index in [0.717, 1.165) is 42.0 Å². The lowest BCUT2D eigenvalue weighted by molar-refractivity contribution is -0.912. The minimum atomic E-state index is 0.120. The third-order valence-electron chi connectivity index (χ3n) is 7.47. The number of benzene rings is 3. The van der Waals surface area contributed by atoms with Gasteiger partial charge in [0, 0.05) is 16.6 Å². The molecule has 0 spiro atoms. The third-order valence-corrected chi connectivity index (χ3v) is 8.55. The van der Waals surface area contributed by atoms with E-state index in [0.29, 0.717) is 17.6 Å². The number of hydrogen-bond donors (Lipinski definition) is 2. The summed E-state index contributed by atoms with van der Waals surface area (Å²) in [6, 6.07) is 27.5. The number of hydrogen-bond acceptors (Lipinski definition) is 5. The number of quaternary nitrogens is 1. The zero-order chi connectivity index (χ0) is 27.2. The second-order valence-electron chi connectivity index (χ2n) is 10.2. The van der Waals surface area contributed by atoms with Crippen LogP contribution in [0.25, 0.3) is 17.0 Å². The lowest BCUT2D eigenvalue weighted by Crippen LogP contribution is -2.50. The van der Waals surface area contributed by atoms with E-state index in [2.05, 4.69) is 95.5 Å². The van der Waals surface area contributed by atoms with Crippen LogP contribution in [0, 0.1) is 0 Å². The number of aliphatic hydroxyl groups is 2. The molecule has 2 N–H and O–H groups in total. The van der Waals surface area contributed by atoms with Gasteiger partial charge in [0.2, 0.25) is 5.52 Å². The largest absolute Gasteiger partial charge is 0.497 e. The molecule has 1 aromatic heterocycles. The third kappa shape index (κ3) is 5.97. The molecular weight excluding hydrogens is 506 g/mol. The first kappa shape index (κ1) is 27.2. The molecule has 202 valence electrons. The number of likely N-dealkylation sites (N-methyl/N-ethyl adjacent to an activating group) is 1. The van der Waals surface area contributed by atoms with Crippen molar-refractivity contribution < 1.29 is 24.0 Å². The van der Waals surface area contributed by atoms with Crippen LogP contribution in [0.5, 0.6) is 5.75 Å². The summed E-state index contributed by atoms with van der Waals surface area (Å²) >= 11 is 1.79. The highest BCUT2D eigenvalue weighted by molar-refractivity contribution is 8.04. The van der Waals surface area contributed by atoms with E-state index in [9.17, 15) is 10.2 Å². The van der Waals surface area contributed by atoms with Crippen molar-refractivity contribution in [2.24, 2.45) is 0 Å². The molecule has 0 amide bonds. The summed E-state index contributed by atoms with van der Waals surface area (Å²) in [5.74, 6) is 0.829. The Morgan fingerprint density at radius 3 is 2.41 bits per heavy atom. The fourth-order valence-electron chi connectivity index (χ4n) is 5.30. The number of nitrogens with zero attached hydrogens (tertiary/aromatic N) is 3. The van der Waals surface area contributed by atoms with Gasteiger partial charge in [-0.1, -0.05) is 42.1 Å². The average Bonchev–Trinajstić information content (AvgIpc) is 3.32. The van der Waals surface area contributed by atoms with Crippen molar-refractivity contribution >= 4 is 40.1 Å². The predicted octanol–water partition coefficient (Wildman–Crippen LogP) is 5.20. The van der Waals surface area contributed by atoms with Crippen molar-refractivity contribution in [1.29, 1.82) is 0 Å². The molecule has 1 aliphatic rings. The van der Waals surface area contributed by atoms with Crippen LogP contribution in [0.3, 0.4) is 0 Å². The molecular formula is C32H37N3O3S+2. The molecule has 0 radical (unpaired) electrons. The van der Waals surface area contributed by atoms with Gasteiger partial charge in [-0.2, -0.15) is 4.57 Å². The fraction of sp³-hybridized carbons (Fsp3) is 0.281. The van der Waals surface area contributed by atoms with Gasteiger partial charge in [-0.25, -0.2) is 0 Å². The summed E-state index contributed by atoms with van der Waals surface area (Å²) in [7, 11) is 3.80. The van der Waals surface area contributed by atoms with Gasteiger partial charge in [0.05, 0.1) is 62.5 Å². The summed E-state index contributed by atoms with van der Waals surface area (Å²) < 4.78 is 8.53. The van der Waals surface area contributed by atoms with Crippen molar-refractivity contribution in [2.75, 3.05) is 51.9 Å². The molecule has 0 fully saturated rings.